The average Bonchev–Trinajstić information content (AvgIpc) is 2.35. The first-order valence-corrected chi connectivity index (χ1v) is 7.98. The molecule has 1 nitrogen and oxygen atoms in total. The summed E-state index contributed by atoms with van der Waals surface area (Å²) in [6.07, 6.45) is 3.67. The van der Waals surface area contributed by atoms with E-state index in [9.17, 15) is 0 Å². The van der Waals surface area contributed by atoms with Crippen LogP contribution in [0.3, 0.4) is 0 Å². The van der Waals surface area contributed by atoms with Gasteiger partial charge in [0.25, 0.3) is 0 Å². The third-order valence-electron chi connectivity index (χ3n) is 2.94. The Balaban J connectivity index is 2.72. The van der Waals surface area contributed by atoms with E-state index < -0.39 is 0 Å². The van der Waals surface area contributed by atoms with E-state index in [0.29, 0.717) is 11.3 Å². The SMILES string of the molecule is CCCC(NC)C(CC)Sc1ccccc1Br. The number of hydrogen-bond donors (Lipinski definition) is 1. The van der Waals surface area contributed by atoms with Gasteiger partial charge in [-0.15, -0.1) is 11.8 Å². The topological polar surface area (TPSA) is 12.0 Å². The summed E-state index contributed by atoms with van der Waals surface area (Å²) in [6.45, 7) is 4.52. The van der Waals surface area contributed by atoms with Crippen LogP contribution in [0, 0.1) is 0 Å². The molecule has 1 rings (SSSR count). The fourth-order valence-electron chi connectivity index (χ4n) is 1.98. The molecule has 1 aromatic carbocycles. The fourth-order valence-corrected chi connectivity index (χ4v) is 3.81. The van der Waals surface area contributed by atoms with Crippen molar-refractivity contribution in [2.24, 2.45) is 0 Å². The highest BCUT2D eigenvalue weighted by molar-refractivity contribution is 9.10. The van der Waals surface area contributed by atoms with Gasteiger partial charge in [0.2, 0.25) is 0 Å². The predicted molar refractivity (Wildman–Crippen MR) is 81.8 cm³/mol. The summed E-state index contributed by atoms with van der Waals surface area (Å²) >= 11 is 5.60. The van der Waals surface area contributed by atoms with Crippen molar-refractivity contribution in [1.82, 2.24) is 5.32 Å². The molecule has 0 amide bonds. The van der Waals surface area contributed by atoms with Crippen LogP contribution in [0.15, 0.2) is 33.6 Å². The van der Waals surface area contributed by atoms with Crippen LogP contribution in [0.4, 0.5) is 0 Å². The summed E-state index contributed by atoms with van der Waals surface area (Å²) in [4.78, 5) is 1.34. The highest BCUT2D eigenvalue weighted by atomic mass is 79.9. The standard InChI is InChI=1S/C14H22BrNS/c1-4-8-12(16-3)13(5-2)17-14-10-7-6-9-11(14)15/h6-7,9-10,12-13,16H,4-5,8H2,1-3H3. The van der Waals surface area contributed by atoms with Crippen molar-refractivity contribution in [2.75, 3.05) is 7.05 Å². The van der Waals surface area contributed by atoms with Gasteiger partial charge < -0.3 is 5.32 Å². The number of halogens is 1. The van der Waals surface area contributed by atoms with Gasteiger partial charge in [-0.05, 0) is 48.0 Å². The Labute approximate surface area is 118 Å². The molecule has 1 N–H and O–H groups in total. The third kappa shape index (κ3) is 4.65. The molecule has 0 saturated carbocycles. The number of benzene rings is 1. The first-order valence-electron chi connectivity index (χ1n) is 6.31. The van der Waals surface area contributed by atoms with Gasteiger partial charge >= 0.3 is 0 Å². The van der Waals surface area contributed by atoms with E-state index in [1.165, 1.54) is 28.6 Å². The summed E-state index contributed by atoms with van der Waals surface area (Å²) in [5.74, 6) is 0. The smallest absolute Gasteiger partial charge is 0.0311 e. The zero-order valence-corrected chi connectivity index (χ0v) is 13.3. The lowest BCUT2D eigenvalue weighted by molar-refractivity contribution is 0.490. The summed E-state index contributed by atoms with van der Waals surface area (Å²) in [5, 5.41) is 4.10. The molecule has 2 unspecified atom stereocenters. The summed E-state index contributed by atoms with van der Waals surface area (Å²) < 4.78 is 1.20. The second-order valence-electron chi connectivity index (χ2n) is 4.18. The van der Waals surface area contributed by atoms with Crippen LogP contribution in [0.2, 0.25) is 0 Å². The molecule has 3 heteroatoms. The molecule has 0 aliphatic carbocycles. The van der Waals surface area contributed by atoms with E-state index in [-0.39, 0.29) is 0 Å². The zero-order valence-electron chi connectivity index (χ0n) is 10.9. The Hall–Kier alpha value is 0.01000. The van der Waals surface area contributed by atoms with Gasteiger partial charge in [0, 0.05) is 20.7 Å². The highest BCUT2D eigenvalue weighted by Gasteiger charge is 2.19. The lowest BCUT2D eigenvalue weighted by Crippen LogP contribution is -2.35. The molecule has 0 aromatic heterocycles. The molecule has 96 valence electrons. The minimum atomic E-state index is 0.599. The minimum Gasteiger partial charge on any atom is -0.316 e. The molecular weight excluding hydrogens is 294 g/mol. The quantitative estimate of drug-likeness (QED) is 0.731. The number of hydrogen-bond acceptors (Lipinski definition) is 2. The van der Waals surface area contributed by atoms with Crippen molar-refractivity contribution in [3.8, 4) is 0 Å². The van der Waals surface area contributed by atoms with Crippen LogP contribution < -0.4 is 5.32 Å². The van der Waals surface area contributed by atoms with E-state index >= 15 is 0 Å². The van der Waals surface area contributed by atoms with Crippen molar-refractivity contribution in [2.45, 2.75) is 49.3 Å². The van der Waals surface area contributed by atoms with Crippen LogP contribution in [0.25, 0.3) is 0 Å². The first-order chi connectivity index (χ1) is 8.22. The van der Waals surface area contributed by atoms with Crippen LogP contribution >= 0.6 is 27.7 Å². The normalized spacial score (nSPS) is 14.6. The lowest BCUT2D eigenvalue weighted by atomic mass is 10.1. The van der Waals surface area contributed by atoms with Crippen LogP contribution in [0.1, 0.15) is 33.1 Å². The summed E-state index contributed by atoms with van der Waals surface area (Å²) in [5.41, 5.74) is 0. The molecule has 0 aliphatic rings. The predicted octanol–water partition coefficient (Wildman–Crippen LogP) is 4.71. The monoisotopic (exact) mass is 315 g/mol. The molecule has 0 fully saturated rings. The lowest BCUT2D eigenvalue weighted by Gasteiger charge is -2.25. The molecular formula is C14H22BrNS. The van der Waals surface area contributed by atoms with Gasteiger partial charge in [-0.2, -0.15) is 0 Å². The number of rotatable bonds is 7. The van der Waals surface area contributed by atoms with E-state index in [0.717, 1.165) is 0 Å². The molecule has 17 heavy (non-hydrogen) atoms. The molecule has 0 heterocycles. The van der Waals surface area contributed by atoms with Crippen LogP contribution in [-0.4, -0.2) is 18.3 Å². The van der Waals surface area contributed by atoms with Gasteiger partial charge in [-0.1, -0.05) is 32.4 Å². The zero-order chi connectivity index (χ0) is 12.7. The fraction of sp³-hybridized carbons (Fsp3) is 0.571. The maximum atomic E-state index is 3.62. The second-order valence-corrected chi connectivity index (χ2v) is 6.31. The summed E-state index contributed by atoms with van der Waals surface area (Å²) in [6, 6.07) is 9.08. The van der Waals surface area contributed by atoms with E-state index in [1.54, 1.807) is 0 Å². The molecule has 1 aromatic rings. The maximum absolute atomic E-state index is 3.62. The van der Waals surface area contributed by atoms with Crippen molar-refractivity contribution in [3.63, 3.8) is 0 Å². The van der Waals surface area contributed by atoms with Crippen molar-refractivity contribution < 1.29 is 0 Å². The van der Waals surface area contributed by atoms with Gasteiger partial charge in [0.15, 0.2) is 0 Å². The number of nitrogens with one attached hydrogen (secondary N) is 1. The Bertz CT molecular complexity index is 330. The largest absolute Gasteiger partial charge is 0.316 e. The molecule has 0 spiro atoms. The van der Waals surface area contributed by atoms with Gasteiger partial charge in [0.1, 0.15) is 0 Å². The Morgan fingerprint density at radius 1 is 1.29 bits per heavy atom. The highest BCUT2D eigenvalue weighted by Crippen LogP contribution is 2.33. The second kappa shape index (κ2) is 8.17. The maximum Gasteiger partial charge on any atom is 0.0311 e. The Morgan fingerprint density at radius 3 is 2.53 bits per heavy atom. The van der Waals surface area contributed by atoms with Gasteiger partial charge in [0.05, 0.1) is 0 Å². The minimum absolute atomic E-state index is 0.599. The van der Waals surface area contributed by atoms with Crippen molar-refractivity contribution >= 4 is 27.7 Å². The Morgan fingerprint density at radius 2 is 2.00 bits per heavy atom. The molecule has 0 aliphatic heterocycles. The van der Waals surface area contributed by atoms with Crippen molar-refractivity contribution in [1.29, 1.82) is 0 Å². The Kier molecular flexibility index (Phi) is 7.24. The average molecular weight is 316 g/mol. The third-order valence-corrected chi connectivity index (χ3v) is 5.47. The van der Waals surface area contributed by atoms with Crippen LogP contribution in [0.5, 0.6) is 0 Å². The van der Waals surface area contributed by atoms with Crippen LogP contribution in [-0.2, 0) is 0 Å². The van der Waals surface area contributed by atoms with Gasteiger partial charge in [-0.25, -0.2) is 0 Å². The van der Waals surface area contributed by atoms with Gasteiger partial charge in [-0.3, -0.25) is 0 Å². The van der Waals surface area contributed by atoms with E-state index in [2.05, 4.69) is 66.4 Å². The van der Waals surface area contributed by atoms with E-state index in [1.807, 2.05) is 11.8 Å². The van der Waals surface area contributed by atoms with Crippen molar-refractivity contribution in [3.05, 3.63) is 28.7 Å². The molecule has 0 bridgehead atoms. The molecule has 0 saturated heterocycles. The van der Waals surface area contributed by atoms with E-state index in [4.69, 9.17) is 0 Å². The molecule has 0 radical (unpaired) electrons. The molecule has 2 atom stereocenters. The first kappa shape index (κ1) is 15.1. The number of thioether (sulfide) groups is 1. The summed E-state index contributed by atoms with van der Waals surface area (Å²) in [7, 11) is 2.07.